The van der Waals surface area contributed by atoms with Gasteiger partial charge in [0.1, 0.15) is 5.82 Å². The first-order chi connectivity index (χ1) is 8.56. The molecule has 1 aromatic carbocycles. The molecule has 1 fully saturated rings. The Labute approximate surface area is 106 Å². The van der Waals surface area contributed by atoms with Crippen LogP contribution < -0.4 is 4.90 Å². The third-order valence-electron chi connectivity index (χ3n) is 3.18. The Morgan fingerprint density at radius 2 is 2.00 bits per heavy atom. The van der Waals surface area contributed by atoms with Gasteiger partial charge in [-0.15, -0.1) is 0 Å². The molecule has 0 radical (unpaired) electrons. The highest BCUT2D eigenvalue weighted by Gasteiger charge is 2.20. The monoisotopic (exact) mass is 252 g/mol. The molecule has 2 rings (SSSR count). The lowest BCUT2D eigenvalue weighted by Gasteiger charge is -2.35. The van der Waals surface area contributed by atoms with Crippen molar-refractivity contribution in [1.82, 2.24) is 4.90 Å². The van der Waals surface area contributed by atoms with Gasteiger partial charge in [0.15, 0.2) is 0 Å². The van der Waals surface area contributed by atoms with E-state index in [-0.39, 0.29) is 12.4 Å². The van der Waals surface area contributed by atoms with E-state index in [9.17, 15) is 9.18 Å². The Kier molecular flexibility index (Phi) is 3.81. The number of carboxylic acids is 1. The molecule has 0 spiro atoms. The minimum atomic E-state index is -0.815. The van der Waals surface area contributed by atoms with Gasteiger partial charge in [-0.2, -0.15) is 0 Å². The standard InChI is InChI=1S/C13H17FN2O2/c1-10-2-3-12(11(14)8-10)16-6-4-15(5-7-16)9-13(17)18/h2-3,8H,4-7,9H2,1H3,(H,17,18). The van der Waals surface area contributed by atoms with Gasteiger partial charge >= 0.3 is 5.97 Å². The zero-order valence-corrected chi connectivity index (χ0v) is 10.4. The molecule has 18 heavy (non-hydrogen) atoms. The molecule has 0 aromatic heterocycles. The van der Waals surface area contributed by atoms with Crippen molar-refractivity contribution >= 4 is 11.7 Å². The summed E-state index contributed by atoms with van der Waals surface area (Å²) >= 11 is 0. The van der Waals surface area contributed by atoms with Crippen molar-refractivity contribution in [1.29, 1.82) is 0 Å². The summed E-state index contributed by atoms with van der Waals surface area (Å²) in [7, 11) is 0. The summed E-state index contributed by atoms with van der Waals surface area (Å²) in [5.74, 6) is -1.02. The first kappa shape index (κ1) is 12.8. The van der Waals surface area contributed by atoms with Crippen LogP contribution in [-0.4, -0.2) is 48.7 Å². The molecule has 1 aliphatic heterocycles. The Morgan fingerprint density at radius 3 is 2.56 bits per heavy atom. The first-order valence-electron chi connectivity index (χ1n) is 6.01. The molecule has 1 N–H and O–H groups in total. The minimum absolute atomic E-state index is 0.0597. The van der Waals surface area contributed by atoms with E-state index >= 15 is 0 Å². The first-order valence-corrected chi connectivity index (χ1v) is 6.01. The van der Waals surface area contributed by atoms with Gasteiger partial charge < -0.3 is 10.0 Å². The zero-order valence-electron chi connectivity index (χ0n) is 10.4. The van der Waals surface area contributed by atoms with Gasteiger partial charge in [-0.1, -0.05) is 6.07 Å². The molecule has 1 heterocycles. The topological polar surface area (TPSA) is 43.8 Å². The van der Waals surface area contributed by atoms with Gasteiger partial charge in [-0.25, -0.2) is 4.39 Å². The van der Waals surface area contributed by atoms with Crippen LogP contribution in [0.2, 0.25) is 0 Å². The van der Waals surface area contributed by atoms with E-state index in [1.165, 1.54) is 6.07 Å². The largest absolute Gasteiger partial charge is 0.480 e. The number of hydrogen-bond donors (Lipinski definition) is 1. The molecule has 0 saturated carbocycles. The van der Waals surface area contributed by atoms with Crippen LogP contribution in [0.5, 0.6) is 0 Å². The van der Waals surface area contributed by atoms with E-state index in [0.717, 1.165) is 5.56 Å². The van der Waals surface area contributed by atoms with E-state index in [1.54, 1.807) is 6.07 Å². The molecule has 98 valence electrons. The van der Waals surface area contributed by atoms with Crippen LogP contribution in [-0.2, 0) is 4.79 Å². The highest BCUT2D eigenvalue weighted by atomic mass is 19.1. The molecule has 0 amide bonds. The third kappa shape index (κ3) is 2.98. The number of carbonyl (C=O) groups is 1. The van der Waals surface area contributed by atoms with E-state index in [0.29, 0.717) is 31.9 Å². The second-order valence-electron chi connectivity index (χ2n) is 4.61. The zero-order chi connectivity index (χ0) is 13.1. The predicted molar refractivity (Wildman–Crippen MR) is 67.4 cm³/mol. The summed E-state index contributed by atoms with van der Waals surface area (Å²) in [6.07, 6.45) is 0. The second-order valence-corrected chi connectivity index (χ2v) is 4.61. The van der Waals surface area contributed by atoms with Gasteiger partial charge in [-0.3, -0.25) is 9.69 Å². The normalized spacial score (nSPS) is 16.9. The smallest absolute Gasteiger partial charge is 0.317 e. The number of halogens is 1. The van der Waals surface area contributed by atoms with Crippen LogP contribution in [0.4, 0.5) is 10.1 Å². The summed E-state index contributed by atoms with van der Waals surface area (Å²) in [4.78, 5) is 14.4. The lowest BCUT2D eigenvalue weighted by Crippen LogP contribution is -2.48. The summed E-state index contributed by atoms with van der Waals surface area (Å²) in [5.41, 5.74) is 1.51. The van der Waals surface area contributed by atoms with Crippen LogP contribution in [0.1, 0.15) is 5.56 Å². The van der Waals surface area contributed by atoms with E-state index in [1.807, 2.05) is 22.8 Å². The van der Waals surface area contributed by atoms with E-state index < -0.39 is 5.97 Å². The Balaban J connectivity index is 1.99. The number of benzene rings is 1. The van der Waals surface area contributed by atoms with Crippen molar-refractivity contribution in [2.45, 2.75) is 6.92 Å². The van der Waals surface area contributed by atoms with Crippen LogP contribution in [0, 0.1) is 12.7 Å². The summed E-state index contributed by atoms with van der Waals surface area (Å²) in [6.45, 7) is 4.54. The van der Waals surface area contributed by atoms with E-state index in [4.69, 9.17) is 5.11 Å². The fourth-order valence-corrected chi connectivity index (χ4v) is 2.21. The number of nitrogens with zero attached hydrogens (tertiary/aromatic N) is 2. The average molecular weight is 252 g/mol. The van der Waals surface area contributed by atoms with Crippen LogP contribution >= 0.6 is 0 Å². The third-order valence-corrected chi connectivity index (χ3v) is 3.18. The highest BCUT2D eigenvalue weighted by molar-refractivity contribution is 5.69. The van der Waals surface area contributed by atoms with Crippen molar-refractivity contribution in [3.63, 3.8) is 0 Å². The minimum Gasteiger partial charge on any atom is -0.480 e. The quantitative estimate of drug-likeness (QED) is 0.881. The van der Waals surface area contributed by atoms with Crippen molar-refractivity contribution in [3.05, 3.63) is 29.6 Å². The number of piperazine rings is 1. The van der Waals surface area contributed by atoms with Crippen molar-refractivity contribution < 1.29 is 14.3 Å². The Morgan fingerprint density at radius 1 is 1.33 bits per heavy atom. The van der Waals surface area contributed by atoms with Crippen LogP contribution in [0.15, 0.2) is 18.2 Å². The molecular weight excluding hydrogens is 235 g/mol. The molecule has 0 atom stereocenters. The number of aliphatic carboxylic acids is 1. The lowest BCUT2D eigenvalue weighted by molar-refractivity contribution is -0.138. The molecule has 4 nitrogen and oxygen atoms in total. The average Bonchev–Trinajstić information content (AvgIpc) is 2.30. The number of carboxylic acid groups (broad SMARTS) is 1. The van der Waals surface area contributed by atoms with Crippen LogP contribution in [0.25, 0.3) is 0 Å². The predicted octanol–water partition coefficient (Wildman–Crippen LogP) is 1.34. The van der Waals surface area contributed by atoms with E-state index in [2.05, 4.69) is 0 Å². The van der Waals surface area contributed by atoms with Crippen molar-refractivity contribution in [2.24, 2.45) is 0 Å². The lowest BCUT2D eigenvalue weighted by atomic mass is 10.2. The Hall–Kier alpha value is -1.62. The number of aryl methyl sites for hydroxylation is 1. The molecule has 0 unspecified atom stereocenters. The maximum Gasteiger partial charge on any atom is 0.317 e. The second kappa shape index (κ2) is 5.35. The Bertz CT molecular complexity index is 443. The van der Waals surface area contributed by atoms with Crippen molar-refractivity contribution in [3.8, 4) is 0 Å². The fourth-order valence-electron chi connectivity index (χ4n) is 2.21. The fraction of sp³-hybridized carbons (Fsp3) is 0.462. The molecule has 5 heteroatoms. The molecule has 1 saturated heterocycles. The maximum absolute atomic E-state index is 13.8. The van der Waals surface area contributed by atoms with Crippen molar-refractivity contribution in [2.75, 3.05) is 37.6 Å². The SMILES string of the molecule is Cc1ccc(N2CCN(CC(=O)O)CC2)c(F)c1. The number of rotatable bonds is 3. The van der Waals surface area contributed by atoms with Gasteiger partial charge in [0.05, 0.1) is 12.2 Å². The summed E-state index contributed by atoms with van der Waals surface area (Å²) < 4.78 is 13.8. The van der Waals surface area contributed by atoms with Gasteiger partial charge in [0.2, 0.25) is 0 Å². The molecule has 0 bridgehead atoms. The summed E-state index contributed by atoms with van der Waals surface area (Å²) in [6, 6.07) is 5.21. The molecular formula is C13H17FN2O2. The highest BCUT2D eigenvalue weighted by Crippen LogP contribution is 2.21. The number of anilines is 1. The van der Waals surface area contributed by atoms with Gasteiger partial charge in [0.25, 0.3) is 0 Å². The van der Waals surface area contributed by atoms with Gasteiger partial charge in [0, 0.05) is 26.2 Å². The number of hydrogen-bond acceptors (Lipinski definition) is 3. The molecule has 0 aliphatic carbocycles. The maximum atomic E-state index is 13.8. The molecule has 1 aromatic rings. The molecule has 1 aliphatic rings. The van der Waals surface area contributed by atoms with Gasteiger partial charge in [-0.05, 0) is 24.6 Å². The van der Waals surface area contributed by atoms with Crippen LogP contribution in [0.3, 0.4) is 0 Å². The summed E-state index contributed by atoms with van der Waals surface area (Å²) in [5, 5.41) is 8.71.